The van der Waals surface area contributed by atoms with Crippen LogP contribution in [0.2, 0.25) is 0 Å². The Hall–Kier alpha value is -2.72. The van der Waals surface area contributed by atoms with E-state index < -0.39 is 0 Å². The van der Waals surface area contributed by atoms with E-state index >= 15 is 0 Å². The zero-order chi connectivity index (χ0) is 19.8. The molecule has 1 heterocycles. The zero-order valence-electron chi connectivity index (χ0n) is 15.9. The van der Waals surface area contributed by atoms with Crippen molar-refractivity contribution in [1.29, 1.82) is 5.26 Å². The van der Waals surface area contributed by atoms with Crippen LogP contribution in [-0.4, -0.2) is 30.9 Å². The molecule has 0 saturated carbocycles. The molecule has 1 aromatic heterocycles. The van der Waals surface area contributed by atoms with E-state index in [0.29, 0.717) is 39.9 Å². The monoisotopic (exact) mass is 385 g/mol. The SMILES string of the molecule is COc1cc(NC(=O)CCSc2nc(C(C)C)ccc2C#N)cc(OC)c1. The van der Waals surface area contributed by atoms with Crippen molar-refractivity contribution in [2.24, 2.45) is 0 Å². The van der Waals surface area contributed by atoms with Crippen LogP contribution in [0.5, 0.6) is 11.5 Å². The number of hydrogen-bond donors (Lipinski definition) is 1. The molecular formula is C20H23N3O3S. The summed E-state index contributed by atoms with van der Waals surface area (Å²) in [6.45, 7) is 4.11. The fourth-order valence-electron chi connectivity index (χ4n) is 2.31. The molecule has 0 spiro atoms. The number of nitriles is 1. The molecule has 6 nitrogen and oxygen atoms in total. The first-order valence-corrected chi connectivity index (χ1v) is 9.52. The van der Waals surface area contributed by atoms with Gasteiger partial charge in [0.2, 0.25) is 5.91 Å². The number of methoxy groups -OCH3 is 2. The van der Waals surface area contributed by atoms with Gasteiger partial charge >= 0.3 is 0 Å². The quantitative estimate of drug-likeness (QED) is 0.685. The molecule has 0 aliphatic heterocycles. The molecule has 27 heavy (non-hydrogen) atoms. The minimum atomic E-state index is -0.128. The molecule has 0 bridgehead atoms. The molecule has 2 aromatic rings. The predicted molar refractivity (Wildman–Crippen MR) is 107 cm³/mol. The summed E-state index contributed by atoms with van der Waals surface area (Å²) in [5, 5.41) is 12.7. The molecule has 0 unspecified atom stereocenters. The van der Waals surface area contributed by atoms with Crippen LogP contribution in [-0.2, 0) is 4.79 Å². The summed E-state index contributed by atoms with van der Waals surface area (Å²) in [5.74, 6) is 1.88. The third kappa shape index (κ3) is 5.90. The fourth-order valence-corrected chi connectivity index (χ4v) is 3.23. The minimum Gasteiger partial charge on any atom is -0.497 e. The maximum absolute atomic E-state index is 12.2. The van der Waals surface area contributed by atoms with E-state index in [2.05, 4.69) is 30.2 Å². The molecule has 0 aliphatic carbocycles. The van der Waals surface area contributed by atoms with Gasteiger partial charge in [-0.2, -0.15) is 5.26 Å². The highest BCUT2D eigenvalue weighted by atomic mass is 32.2. The number of nitrogens with zero attached hydrogens (tertiary/aromatic N) is 2. The number of nitrogens with one attached hydrogen (secondary N) is 1. The molecule has 1 N–H and O–H groups in total. The highest BCUT2D eigenvalue weighted by Crippen LogP contribution is 2.27. The molecule has 1 aromatic carbocycles. The number of carbonyl (C=O) groups is 1. The van der Waals surface area contributed by atoms with Crippen molar-refractivity contribution in [2.45, 2.75) is 31.2 Å². The number of thioether (sulfide) groups is 1. The van der Waals surface area contributed by atoms with E-state index in [1.807, 2.05) is 6.07 Å². The van der Waals surface area contributed by atoms with Crippen molar-refractivity contribution in [3.63, 3.8) is 0 Å². The number of hydrogen-bond acceptors (Lipinski definition) is 6. The molecule has 0 saturated heterocycles. The first-order valence-electron chi connectivity index (χ1n) is 8.53. The number of benzene rings is 1. The molecule has 7 heteroatoms. The third-order valence-corrected chi connectivity index (χ3v) is 4.79. The molecule has 0 atom stereocenters. The summed E-state index contributed by atoms with van der Waals surface area (Å²) in [6, 6.07) is 11.0. The van der Waals surface area contributed by atoms with Crippen molar-refractivity contribution in [3.8, 4) is 17.6 Å². The van der Waals surface area contributed by atoms with Crippen molar-refractivity contribution >= 4 is 23.4 Å². The number of anilines is 1. The second kappa shape index (κ2) is 9.83. The largest absolute Gasteiger partial charge is 0.497 e. The van der Waals surface area contributed by atoms with Crippen LogP contribution in [0.25, 0.3) is 0 Å². The van der Waals surface area contributed by atoms with Gasteiger partial charge in [-0.25, -0.2) is 4.98 Å². The van der Waals surface area contributed by atoms with Gasteiger partial charge in [0.15, 0.2) is 0 Å². The van der Waals surface area contributed by atoms with Gasteiger partial charge in [0.1, 0.15) is 22.6 Å². The molecule has 142 valence electrons. The summed E-state index contributed by atoms with van der Waals surface area (Å²) >= 11 is 1.41. The molecule has 2 rings (SSSR count). The Morgan fingerprint density at radius 2 is 1.89 bits per heavy atom. The normalized spacial score (nSPS) is 10.4. The second-order valence-corrected chi connectivity index (χ2v) is 7.19. The zero-order valence-corrected chi connectivity index (χ0v) is 16.7. The van der Waals surface area contributed by atoms with Crippen molar-refractivity contribution in [3.05, 3.63) is 41.6 Å². The topological polar surface area (TPSA) is 84.2 Å². The summed E-state index contributed by atoms with van der Waals surface area (Å²) in [6.07, 6.45) is 0.294. The van der Waals surface area contributed by atoms with E-state index in [0.717, 1.165) is 5.69 Å². The number of rotatable bonds is 8. The van der Waals surface area contributed by atoms with Gasteiger partial charge in [0.05, 0.1) is 19.8 Å². The maximum Gasteiger partial charge on any atom is 0.225 e. The highest BCUT2D eigenvalue weighted by molar-refractivity contribution is 7.99. The molecule has 1 amide bonds. The first kappa shape index (κ1) is 20.6. The number of pyridine rings is 1. The molecule has 0 radical (unpaired) electrons. The van der Waals surface area contributed by atoms with Gasteiger partial charge in [0.25, 0.3) is 0 Å². The predicted octanol–water partition coefficient (Wildman–Crippen LogP) is 4.21. The fraction of sp³-hybridized carbons (Fsp3) is 0.350. The van der Waals surface area contributed by atoms with Gasteiger partial charge in [-0.05, 0) is 18.1 Å². The Morgan fingerprint density at radius 3 is 2.44 bits per heavy atom. The Balaban J connectivity index is 1.97. The average molecular weight is 385 g/mol. The number of ether oxygens (including phenoxy) is 2. The molecular weight excluding hydrogens is 362 g/mol. The summed E-state index contributed by atoms with van der Waals surface area (Å²) in [4.78, 5) is 16.8. The number of amides is 1. The van der Waals surface area contributed by atoms with Crippen LogP contribution >= 0.6 is 11.8 Å². The Bertz CT molecular complexity index is 825. The molecule has 0 aliphatic rings. The average Bonchev–Trinajstić information content (AvgIpc) is 2.67. The van der Waals surface area contributed by atoms with E-state index in [4.69, 9.17) is 9.47 Å². The Morgan fingerprint density at radius 1 is 1.22 bits per heavy atom. The van der Waals surface area contributed by atoms with Crippen molar-refractivity contribution in [2.75, 3.05) is 25.3 Å². The van der Waals surface area contributed by atoms with Gasteiger partial charge < -0.3 is 14.8 Å². The van der Waals surface area contributed by atoms with Crippen LogP contribution in [0.1, 0.15) is 37.4 Å². The lowest BCUT2D eigenvalue weighted by molar-refractivity contribution is -0.115. The lowest BCUT2D eigenvalue weighted by atomic mass is 10.1. The third-order valence-electron chi connectivity index (χ3n) is 3.80. The van der Waals surface area contributed by atoms with E-state index in [1.54, 1.807) is 38.5 Å². The van der Waals surface area contributed by atoms with Crippen molar-refractivity contribution in [1.82, 2.24) is 4.98 Å². The summed E-state index contributed by atoms with van der Waals surface area (Å²) in [7, 11) is 3.12. The van der Waals surface area contributed by atoms with Gasteiger partial charge in [-0.1, -0.05) is 13.8 Å². The number of aromatic nitrogens is 1. The molecule has 0 fully saturated rings. The van der Waals surface area contributed by atoms with Crippen LogP contribution in [0.4, 0.5) is 5.69 Å². The lowest BCUT2D eigenvalue weighted by Gasteiger charge is -2.10. The van der Waals surface area contributed by atoms with Crippen molar-refractivity contribution < 1.29 is 14.3 Å². The van der Waals surface area contributed by atoms with Gasteiger partial charge in [-0.3, -0.25) is 4.79 Å². The lowest BCUT2D eigenvalue weighted by Crippen LogP contribution is -2.12. The Kier molecular flexibility index (Phi) is 7.50. The minimum absolute atomic E-state index is 0.128. The van der Waals surface area contributed by atoms with E-state index in [-0.39, 0.29) is 11.8 Å². The van der Waals surface area contributed by atoms with Crippen LogP contribution in [0, 0.1) is 11.3 Å². The van der Waals surface area contributed by atoms with Gasteiger partial charge in [-0.15, -0.1) is 11.8 Å². The maximum atomic E-state index is 12.2. The van der Waals surface area contributed by atoms with Crippen LogP contribution in [0.3, 0.4) is 0 Å². The standard InChI is InChI=1S/C20H23N3O3S/c1-13(2)18-6-5-14(12-21)20(23-18)27-8-7-19(24)22-15-9-16(25-3)11-17(10-15)26-4/h5-6,9-11,13H,7-8H2,1-4H3,(H,22,24). The van der Waals surface area contributed by atoms with Crippen LogP contribution in [0.15, 0.2) is 35.4 Å². The summed E-state index contributed by atoms with van der Waals surface area (Å²) in [5.41, 5.74) is 2.07. The van der Waals surface area contributed by atoms with Crippen LogP contribution < -0.4 is 14.8 Å². The Labute approximate surface area is 163 Å². The smallest absolute Gasteiger partial charge is 0.225 e. The van der Waals surface area contributed by atoms with Gasteiger partial charge in [0, 0.05) is 41.8 Å². The van der Waals surface area contributed by atoms with E-state index in [1.165, 1.54) is 11.8 Å². The second-order valence-electron chi connectivity index (χ2n) is 6.10. The highest BCUT2D eigenvalue weighted by Gasteiger charge is 2.11. The number of carbonyl (C=O) groups excluding carboxylic acids is 1. The summed E-state index contributed by atoms with van der Waals surface area (Å²) < 4.78 is 10.4. The first-order chi connectivity index (χ1) is 13.0. The van der Waals surface area contributed by atoms with E-state index in [9.17, 15) is 10.1 Å².